The molecule has 0 spiro atoms. The third-order valence-corrected chi connectivity index (χ3v) is 4.98. The first-order valence-corrected chi connectivity index (χ1v) is 10.2. The lowest BCUT2D eigenvalue weighted by Crippen LogP contribution is -2.17. The van der Waals surface area contributed by atoms with E-state index in [9.17, 15) is 0 Å². The summed E-state index contributed by atoms with van der Waals surface area (Å²) < 4.78 is 10.1. The number of benzene rings is 2. The largest absolute Gasteiger partial charge is 0.384 e. The van der Waals surface area contributed by atoms with Gasteiger partial charge in [-0.25, -0.2) is 9.97 Å². The fourth-order valence-electron chi connectivity index (χ4n) is 3.00. The van der Waals surface area contributed by atoms with E-state index in [2.05, 4.69) is 26.9 Å². The Bertz CT molecular complexity index is 1030. The van der Waals surface area contributed by atoms with E-state index < -0.39 is 0 Å². The van der Waals surface area contributed by atoms with Gasteiger partial charge >= 0.3 is 0 Å². The zero-order chi connectivity index (χ0) is 21.7. The van der Waals surface area contributed by atoms with Crippen LogP contribution >= 0.6 is 23.2 Å². The topological polar surface area (TPSA) is 102 Å². The molecule has 0 aliphatic rings. The number of H-pyrrole nitrogens is 2. The highest BCUT2D eigenvalue weighted by molar-refractivity contribution is 6.31. The molecule has 4 N–H and O–H groups in total. The second-order valence-electron chi connectivity index (χ2n) is 6.99. The molecule has 9 heteroatoms. The number of hydrogen-bond acceptors (Lipinski definition) is 5. The van der Waals surface area contributed by atoms with E-state index >= 15 is 0 Å². The molecule has 2 aromatic heterocycles. The van der Waals surface area contributed by atoms with Crippen molar-refractivity contribution in [3.8, 4) is 0 Å². The van der Waals surface area contributed by atoms with E-state index in [1.807, 2.05) is 30.3 Å². The number of ether oxygens (including phenoxy) is 2. The second-order valence-corrected chi connectivity index (χ2v) is 7.86. The van der Waals surface area contributed by atoms with Crippen molar-refractivity contribution in [2.75, 3.05) is 27.4 Å². The van der Waals surface area contributed by atoms with Crippen molar-refractivity contribution in [2.45, 2.75) is 18.9 Å². The molecular formula is C21H27Cl2N5O2. The van der Waals surface area contributed by atoms with Crippen LogP contribution in [-0.2, 0) is 9.47 Å². The van der Waals surface area contributed by atoms with Gasteiger partial charge < -0.3 is 25.2 Å². The van der Waals surface area contributed by atoms with Crippen molar-refractivity contribution in [1.29, 1.82) is 0 Å². The molecule has 0 radical (unpaired) electrons. The third kappa shape index (κ3) is 5.50. The van der Waals surface area contributed by atoms with E-state index in [0.29, 0.717) is 24.1 Å². The number of hydrogen-bond donors (Lipinski definition) is 3. The van der Waals surface area contributed by atoms with Crippen molar-refractivity contribution < 1.29 is 10.9 Å². The first-order chi connectivity index (χ1) is 14.4. The number of nitrogens with two attached hydrogens (primary N) is 1. The second kappa shape index (κ2) is 10.2. The van der Waals surface area contributed by atoms with Crippen molar-refractivity contribution >= 4 is 45.3 Å². The summed E-state index contributed by atoms with van der Waals surface area (Å²) in [5.41, 5.74) is 9.52. The fourth-order valence-corrected chi connectivity index (χ4v) is 3.34. The molecule has 2 aromatic carbocycles. The van der Waals surface area contributed by atoms with Gasteiger partial charge in [0.15, 0.2) is 0 Å². The van der Waals surface area contributed by atoms with Gasteiger partial charge in [-0.2, -0.15) is 0 Å². The maximum Gasteiger partial charge on any atom is 0.126 e. The molecule has 2 heterocycles. The van der Waals surface area contributed by atoms with Crippen molar-refractivity contribution in [2.24, 2.45) is 5.73 Å². The summed E-state index contributed by atoms with van der Waals surface area (Å²) in [5, 5.41) is 1.40. The number of methoxy groups -OCH3 is 2. The highest BCUT2D eigenvalue weighted by atomic mass is 35.5. The van der Waals surface area contributed by atoms with Crippen LogP contribution in [0.25, 0.3) is 22.1 Å². The molecule has 4 aromatic rings. The average Bonchev–Trinajstić information content (AvgIpc) is 3.32. The normalized spacial score (nSPS) is 13.3. The van der Waals surface area contributed by atoms with Crippen LogP contribution in [0.1, 0.15) is 32.0 Å². The average molecular weight is 452 g/mol. The molecule has 0 amide bonds. The van der Waals surface area contributed by atoms with Crippen LogP contribution in [0.5, 0.6) is 0 Å². The summed E-state index contributed by atoms with van der Waals surface area (Å²) in [6.45, 7) is 3.17. The SMILES string of the molecule is COC[C@H](C)c1nc2ccc(Cl)cc2[nH]1.COC[C@H](N)c1nc2ccc(Cl)cc2[nH]1.[HH]. The summed E-state index contributed by atoms with van der Waals surface area (Å²) in [6, 6.07) is 10.9. The van der Waals surface area contributed by atoms with Crippen LogP contribution in [0, 0.1) is 0 Å². The highest BCUT2D eigenvalue weighted by Crippen LogP contribution is 2.21. The summed E-state index contributed by atoms with van der Waals surface area (Å²) >= 11 is 11.8. The fraction of sp³-hybridized carbons (Fsp3) is 0.333. The van der Waals surface area contributed by atoms with Gasteiger partial charge in [-0.1, -0.05) is 30.1 Å². The Kier molecular flexibility index (Phi) is 7.69. The summed E-state index contributed by atoms with van der Waals surface area (Å²) in [4.78, 5) is 15.2. The molecule has 30 heavy (non-hydrogen) atoms. The first-order valence-electron chi connectivity index (χ1n) is 9.45. The van der Waals surface area contributed by atoms with Gasteiger partial charge in [0.25, 0.3) is 0 Å². The Balaban J connectivity index is 0.000000213. The predicted molar refractivity (Wildman–Crippen MR) is 123 cm³/mol. The number of imidazole rings is 2. The van der Waals surface area contributed by atoms with Crippen molar-refractivity contribution in [3.05, 3.63) is 58.1 Å². The number of nitrogens with zero attached hydrogens (tertiary/aromatic N) is 2. The summed E-state index contributed by atoms with van der Waals surface area (Å²) in [5.74, 6) is 1.92. The van der Waals surface area contributed by atoms with E-state index in [1.54, 1.807) is 20.3 Å². The molecule has 0 aliphatic carbocycles. The van der Waals surface area contributed by atoms with Gasteiger partial charge in [0, 0.05) is 31.6 Å². The zero-order valence-corrected chi connectivity index (χ0v) is 18.6. The number of nitrogens with one attached hydrogen (secondary N) is 2. The molecule has 0 saturated heterocycles. The maximum atomic E-state index is 5.90. The monoisotopic (exact) mass is 451 g/mol. The third-order valence-electron chi connectivity index (χ3n) is 4.51. The maximum absolute atomic E-state index is 5.90. The molecule has 7 nitrogen and oxygen atoms in total. The van der Waals surface area contributed by atoms with Crippen molar-refractivity contribution in [3.63, 3.8) is 0 Å². The number of aromatic amines is 2. The van der Waals surface area contributed by atoms with Gasteiger partial charge in [-0.15, -0.1) is 0 Å². The molecule has 4 rings (SSSR count). The molecule has 0 aliphatic heterocycles. The van der Waals surface area contributed by atoms with Crippen LogP contribution in [0.4, 0.5) is 0 Å². The Morgan fingerprint density at radius 1 is 0.900 bits per heavy atom. The molecule has 0 saturated carbocycles. The minimum Gasteiger partial charge on any atom is -0.384 e. The molecule has 162 valence electrons. The Labute approximate surface area is 186 Å². The van der Waals surface area contributed by atoms with E-state index in [4.69, 9.17) is 38.4 Å². The molecule has 2 atom stereocenters. The van der Waals surface area contributed by atoms with Gasteiger partial charge in [0.2, 0.25) is 0 Å². The predicted octanol–water partition coefficient (Wildman–Crippen LogP) is 5.07. The number of halogens is 2. The number of rotatable bonds is 6. The van der Waals surface area contributed by atoms with Crippen LogP contribution in [0.15, 0.2) is 36.4 Å². The summed E-state index contributed by atoms with van der Waals surface area (Å²) in [7, 11) is 3.30. The Hall–Kier alpha value is -2.16. The highest BCUT2D eigenvalue weighted by Gasteiger charge is 2.11. The van der Waals surface area contributed by atoms with E-state index in [0.717, 1.165) is 32.9 Å². The van der Waals surface area contributed by atoms with Gasteiger partial charge in [-0.3, -0.25) is 0 Å². The minimum atomic E-state index is -0.235. The quantitative estimate of drug-likeness (QED) is 0.379. The molecular weight excluding hydrogens is 425 g/mol. The van der Waals surface area contributed by atoms with Gasteiger partial charge in [-0.05, 0) is 36.4 Å². The van der Waals surface area contributed by atoms with Crippen LogP contribution < -0.4 is 5.73 Å². The molecule has 0 bridgehead atoms. The molecule has 0 fully saturated rings. The van der Waals surface area contributed by atoms with Gasteiger partial charge in [0.1, 0.15) is 11.6 Å². The Morgan fingerprint density at radius 2 is 1.40 bits per heavy atom. The standard InChI is InChI=1S/C11H13ClN2O.C10H12ClN3O.H2/c1-7(6-15-2)11-13-9-4-3-8(12)5-10(9)14-11;1-15-5-7(12)10-13-8-3-2-6(11)4-9(8)14-10;/h3-5,7H,6H2,1-2H3,(H,13,14);2-4,7H,5,12H2,1H3,(H,13,14);1H/t2*7-;/m00./s1. The number of fused-ring (bicyclic) bond motifs is 2. The number of aromatic nitrogens is 4. The lowest BCUT2D eigenvalue weighted by Gasteiger charge is -2.05. The van der Waals surface area contributed by atoms with E-state index in [1.165, 1.54) is 0 Å². The lowest BCUT2D eigenvalue weighted by molar-refractivity contribution is 0.178. The van der Waals surface area contributed by atoms with Crippen LogP contribution in [0.3, 0.4) is 0 Å². The first kappa shape index (κ1) is 22.5. The smallest absolute Gasteiger partial charge is 0.126 e. The van der Waals surface area contributed by atoms with Crippen molar-refractivity contribution in [1.82, 2.24) is 19.9 Å². The zero-order valence-electron chi connectivity index (χ0n) is 17.1. The minimum absolute atomic E-state index is 0. The van der Waals surface area contributed by atoms with Gasteiger partial charge in [0.05, 0.1) is 41.3 Å². The summed E-state index contributed by atoms with van der Waals surface area (Å²) in [6.07, 6.45) is 0. The van der Waals surface area contributed by atoms with E-state index in [-0.39, 0.29) is 13.4 Å². The Morgan fingerprint density at radius 3 is 1.93 bits per heavy atom. The molecule has 0 unspecified atom stereocenters. The lowest BCUT2D eigenvalue weighted by atomic mass is 10.2. The van der Waals surface area contributed by atoms with Crippen LogP contribution in [-0.4, -0.2) is 47.4 Å². The van der Waals surface area contributed by atoms with Crippen LogP contribution in [0.2, 0.25) is 10.0 Å².